The summed E-state index contributed by atoms with van der Waals surface area (Å²) < 4.78 is 10.2. The van der Waals surface area contributed by atoms with Crippen LogP contribution < -0.4 is 0 Å². The van der Waals surface area contributed by atoms with Gasteiger partial charge in [-0.25, -0.2) is 9.59 Å². The van der Waals surface area contributed by atoms with Gasteiger partial charge in [-0.05, 0) is 25.2 Å². The first-order valence-electron chi connectivity index (χ1n) is 8.74. The van der Waals surface area contributed by atoms with Gasteiger partial charge in [0.1, 0.15) is 0 Å². The van der Waals surface area contributed by atoms with Gasteiger partial charge in [-0.2, -0.15) is 0 Å². The van der Waals surface area contributed by atoms with Crippen LogP contribution in [0.25, 0.3) is 0 Å². The van der Waals surface area contributed by atoms with Crippen molar-refractivity contribution in [1.29, 1.82) is 0 Å². The van der Waals surface area contributed by atoms with Gasteiger partial charge in [0.05, 0.1) is 13.2 Å². The number of hydrogen-bond donors (Lipinski definition) is 0. The maximum Gasteiger partial charge on any atom is 0.331 e. The second-order valence-corrected chi connectivity index (χ2v) is 6.05. The topological polar surface area (TPSA) is 52.6 Å². The lowest BCUT2D eigenvalue weighted by molar-refractivity contribution is -0.141. The molecule has 4 nitrogen and oxygen atoms in total. The van der Waals surface area contributed by atoms with E-state index in [1.165, 1.54) is 44.6 Å². The molecule has 0 N–H and O–H groups in total. The summed E-state index contributed by atoms with van der Waals surface area (Å²) in [5, 5.41) is 0. The Hall–Kier alpha value is -1.32. The largest absolute Gasteiger partial charge is 0.463 e. The Morgan fingerprint density at radius 2 is 1.50 bits per heavy atom. The minimum Gasteiger partial charge on any atom is -0.463 e. The first-order valence-corrected chi connectivity index (χ1v) is 8.74. The third-order valence-corrected chi connectivity index (χ3v) is 4.03. The van der Waals surface area contributed by atoms with Gasteiger partial charge >= 0.3 is 11.9 Å². The molecule has 0 radical (unpaired) electrons. The molecule has 1 saturated carbocycles. The third-order valence-electron chi connectivity index (χ3n) is 4.03. The van der Waals surface area contributed by atoms with Crippen LogP contribution in [0.1, 0.15) is 71.1 Å². The van der Waals surface area contributed by atoms with Crippen molar-refractivity contribution < 1.29 is 19.1 Å². The van der Waals surface area contributed by atoms with Crippen LogP contribution in [0.4, 0.5) is 0 Å². The van der Waals surface area contributed by atoms with E-state index in [2.05, 4.69) is 6.92 Å². The molecule has 0 amide bonds. The molecule has 0 aromatic carbocycles. The zero-order valence-electron chi connectivity index (χ0n) is 13.9. The highest BCUT2D eigenvalue weighted by Gasteiger charge is 2.16. The van der Waals surface area contributed by atoms with Gasteiger partial charge < -0.3 is 9.47 Å². The lowest BCUT2D eigenvalue weighted by atomic mass is 10.1. The van der Waals surface area contributed by atoms with E-state index in [9.17, 15) is 9.59 Å². The van der Waals surface area contributed by atoms with Crippen molar-refractivity contribution in [1.82, 2.24) is 0 Å². The summed E-state index contributed by atoms with van der Waals surface area (Å²) in [5.41, 5.74) is 0. The zero-order valence-corrected chi connectivity index (χ0v) is 13.9. The van der Waals surface area contributed by atoms with Crippen LogP contribution in [0, 0.1) is 5.92 Å². The van der Waals surface area contributed by atoms with Crippen LogP contribution in [0.3, 0.4) is 0 Å². The highest BCUT2D eigenvalue weighted by molar-refractivity contribution is 5.91. The Morgan fingerprint density at radius 3 is 2.18 bits per heavy atom. The number of esters is 2. The highest BCUT2D eigenvalue weighted by Crippen LogP contribution is 2.24. The molecule has 1 rings (SSSR count). The van der Waals surface area contributed by atoms with Crippen molar-refractivity contribution in [2.45, 2.75) is 71.1 Å². The molecule has 0 aromatic heterocycles. The molecule has 0 unspecified atom stereocenters. The molecule has 0 atom stereocenters. The second-order valence-electron chi connectivity index (χ2n) is 6.05. The third kappa shape index (κ3) is 9.59. The smallest absolute Gasteiger partial charge is 0.331 e. The molecule has 0 aliphatic heterocycles. The Morgan fingerprint density at radius 1 is 0.909 bits per heavy atom. The van der Waals surface area contributed by atoms with E-state index >= 15 is 0 Å². The summed E-state index contributed by atoms with van der Waals surface area (Å²) in [6.07, 6.45) is 14.0. The van der Waals surface area contributed by atoms with E-state index in [4.69, 9.17) is 9.47 Å². The van der Waals surface area contributed by atoms with Gasteiger partial charge in [-0.15, -0.1) is 0 Å². The molecular formula is C18H30O4. The van der Waals surface area contributed by atoms with Crippen molar-refractivity contribution in [2.24, 2.45) is 5.92 Å². The monoisotopic (exact) mass is 310 g/mol. The molecule has 4 heteroatoms. The summed E-state index contributed by atoms with van der Waals surface area (Å²) in [7, 11) is 0. The number of carbonyl (C=O) groups is 2. The van der Waals surface area contributed by atoms with Gasteiger partial charge in [0, 0.05) is 12.2 Å². The lowest BCUT2D eigenvalue weighted by Crippen LogP contribution is -2.10. The predicted octanol–water partition coefficient (Wildman–Crippen LogP) is 4.18. The summed E-state index contributed by atoms with van der Waals surface area (Å²) in [4.78, 5) is 22.9. The molecule has 0 spiro atoms. The molecule has 1 fully saturated rings. The quantitative estimate of drug-likeness (QED) is 0.326. The van der Waals surface area contributed by atoms with Gasteiger partial charge in [0.25, 0.3) is 0 Å². The molecule has 1 aliphatic carbocycles. The van der Waals surface area contributed by atoms with Crippen LogP contribution in [-0.4, -0.2) is 25.2 Å². The lowest BCUT2D eigenvalue weighted by Gasteiger charge is -2.07. The molecule has 0 heterocycles. The Labute approximate surface area is 134 Å². The second kappa shape index (κ2) is 12.2. The fourth-order valence-electron chi connectivity index (χ4n) is 2.66. The highest BCUT2D eigenvalue weighted by atomic mass is 16.5. The van der Waals surface area contributed by atoms with Crippen LogP contribution >= 0.6 is 0 Å². The normalized spacial score (nSPS) is 15.3. The van der Waals surface area contributed by atoms with E-state index in [1.807, 2.05) is 0 Å². The van der Waals surface area contributed by atoms with Crippen LogP contribution in [0.5, 0.6) is 0 Å². The Bertz CT molecular complexity index is 343. The molecular weight excluding hydrogens is 280 g/mol. The summed E-state index contributed by atoms with van der Waals surface area (Å²) in [6.45, 7) is 3.08. The van der Waals surface area contributed by atoms with Crippen molar-refractivity contribution in [2.75, 3.05) is 13.2 Å². The fraction of sp³-hybridized carbons (Fsp3) is 0.778. The van der Waals surface area contributed by atoms with Crippen molar-refractivity contribution >= 4 is 11.9 Å². The predicted molar refractivity (Wildman–Crippen MR) is 86.4 cm³/mol. The maximum atomic E-state index is 11.5. The van der Waals surface area contributed by atoms with E-state index in [0.717, 1.165) is 31.8 Å². The number of rotatable bonds is 11. The van der Waals surface area contributed by atoms with Crippen LogP contribution in [0.15, 0.2) is 12.2 Å². The summed E-state index contributed by atoms with van der Waals surface area (Å²) in [5.74, 6) is -0.424. The average Bonchev–Trinajstić information content (AvgIpc) is 3.03. The van der Waals surface area contributed by atoms with Gasteiger partial charge in [-0.1, -0.05) is 51.9 Å². The van der Waals surface area contributed by atoms with E-state index in [0.29, 0.717) is 19.1 Å². The SMILES string of the molecule is CCCCCCCCOC(=O)/C=C/C(=O)OCC1CCCC1. The minimum atomic E-state index is -0.466. The molecule has 22 heavy (non-hydrogen) atoms. The summed E-state index contributed by atoms with van der Waals surface area (Å²) in [6, 6.07) is 0. The van der Waals surface area contributed by atoms with Crippen molar-refractivity contribution in [3.8, 4) is 0 Å². The summed E-state index contributed by atoms with van der Waals surface area (Å²) >= 11 is 0. The van der Waals surface area contributed by atoms with Crippen molar-refractivity contribution in [3.05, 3.63) is 12.2 Å². The molecule has 0 aromatic rings. The van der Waals surface area contributed by atoms with E-state index in [-0.39, 0.29) is 0 Å². The Kier molecular flexibility index (Phi) is 10.4. The maximum absolute atomic E-state index is 11.5. The van der Waals surface area contributed by atoms with Gasteiger partial charge in [-0.3, -0.25) is 0 Å². The molecule has 0 saturated heterocycles. The minimum absolute atomic E-state index is 0.423. The average molecular weight is 310 g/mol. The van der Waals surface area contributed by atoms with E-state index in [1.54, 1.807) is 0 Å². The standard InChI is InChI=1S/C18H30O4/c1-2-3-4-5-6-9-14-21-17(19)12-13-18(20)22-15-16-10-7-8-11-16/h12-13,16H,2-11,14-15H2,1H3/b13-12+. The first kappa shape index (κ1) is 18.7. The molecule has 126 valence electrons. The van der Waals surface area contributed by atoms with Gasteiger partial charge in [0.2, 0.25) is 0 Å². The number of unbranched alkanes of at least 4 members (excludes halogenated alkanes) is 5. The van der Waals surface area contributed by atoms with E-state index < -0.39 is 11.9 Å². The number of ether oxygens (including phenoxy) is 2. The number of hydrogen-bond acceptors (Lipinski definition) is 4. The zero-order chi connectivity index (χ0) is 16.0. The first-order chi connectivity index (χ1) is 10.7. The number of carbonyl (C=O) groups excluding carboxylic acids is 2. The van der Waals surface area contributed by atoms with Crippen LogP contribution in [-0.2, 0) is 19.1 Å². The molecule has 0 bridgehead atoms. The molecule has 1 aliphatic rings. The van der Waals surface area contributed by atoms with Crippen LogP contribution in [0.2, 0.25) is 0 Å². The van der Waals surface area contributed by atoms with Crippen molar-refractivity contribution in [3.63, 3.8) is 0 Å². The fourth-order valence-corrected chi connectivity index (χ4v) is 2.66. The van der Waals surface area contributed by atoms with Gasteiger partial charge in [0.15, 0.2) is 0 Å². The Balaban J connectivity index is 1.99.